The van der Waals surface area contributed by atoms with Gasteiger partial charge in [-0.15, -0.1) is 0 Å². The van der Waals surface area contributed by atoms with Gasteiger partial charge >= 0.3 is 0 Å². The average Bonchev–Trinajstić information content (AvgIpc) is 3.20. The number of sulfonamides is 1. The smallest absolute Gasteiger partial charge is 0.267 e. The van der Waals surface area contributed by atoms with Gasteiger partial charge in [0.05, 0.1) is 22.7 Å². The molecular formula is C30H25N3O4S. The summed E-state index contributed by atoms with van der Waals surface area (Å²) in [5, 5.41) is 3.34. The van der Waals surface area contributed by atoms with E-state index in [1.165, 1.54) is 11.8 Å². The second-order valence-electron chi connectivity index (χ2n) is 8.84. The van der Waals surface area contributed by atoms with Gasteiger partial charge in [0.2, 0.25) is 15.9 Å². The molecule has 0 unspecified atom stereocenters. The molecule has 0 aromatic heterocycles. The molecule has 0 spiro atoms. The van der Waals surface area contributed by atoms with Crippen LogP contribution < -0.4 is 14.9 Å². The molecule has 2 amide bonds. The van der Waals surface area contributed by atoms with Crippen LogP contribution in [0.1, 0.15) is 23.6 Å². The molecular weight excluding hydrogens is 498 g/mol. The normalized spacial score (nSPS) is 14.1. The number of anilines is 3. The number of carbonyl (C=O) groups is 2. The van der Waals surface area contributed by atoms with Crippen molar-refractivity contribution in [1.29, 1.82) is 0 Å². The van der Waals surface area contributed by atoms with E-state index >= 15 is 0 Å². The molecule has 4 aromatic carbocycles. The van der Waals surface area contributed by atoms with Crippen LogP contribution in [0.15, 0.2) is 109 Å². The van der Waals surface area contributed by atoms with Crippen molar-refractivity contribution >= 4 is 50.2 Å². The summed E-state index contributed by atoms with van der Waals surface area (Å²) in [5.74, 6) is -0.904. The van der Waals surface area contributed by atoms with Crippen molar-refractivity contribution < 1.29 is 18.0 Å². The van der Waals surface area contributed by atoms with Crippen molar-refractivity contribution in [3.63, 3.8) is 0 Å². The van der Waals surface area contributed by atoms with Crippen molar-refractivity contribution in [2.75, 3.05) is 14.9 Å². The van der Waals surface area contributed by atoms with Crippen molar-refractivity contribution in [2.24, 2.45) is 0 Å². The molecule has 38 heavy (non-hydrogen) atoms. The van der Waals surface area contributed by atoms with Gasteiger partial charge in [0.15, 0.2) is 0 Å². The lowest BCUT2D eigenvalue weighted by Gasteiger charge is -2.16. The molecule has 1 aliphatic heterocycles. The van der Waals surface area contributed by atoms with Gasteiger partial charge in [0.1, 0.15) is 0 Å². The zero-order valence-corrected chi connectivity index (χ0v) is 21.4. The summed E-state index contributed by atoms with van der Waals surface area (Å²) in [4.78, 5) is 27.0. The van der Waals surface area contributed by atoms with Crippen LogP contribution in [0.3, 0.4) is 0 Å². The van der Waals surface area contributed by atoms with E-state index in [1.54, 1.807) is 60.7 Å². The number of rotatable bonds is 7. The molecule has 4 aromatic rings. The summed E-state index contributed by atoms with van der Waals surface area (Å²) >= 11 is 0. The highest BCUT2D eigenvalue weighted by Crippen LogP contribution is 2.41. The number of hydrogen-bond donors (Lipinski definition) is 2. The first-order valence-corrected chi connectivity index (χ1v) is 13.6. The van der Waals surface area contributed by atoms with E-state index in [0.717, 1.165) is 5.56 Å². The summed E-state index contributed by atoms with van der Waals surface area (Å²) in [5.41, 5.74) is 4.66. The molecule has 190 valence electrons. The number of nitrogens with one attached hydrogen (secondary N) is 2. The Bertz CT molecular complexity index is 1630. The van der Waals surface area contributed by atoms with Gasteiger partial charge in [-0.25, -0.2) is 13.3 Å². The summed E-state index contributed by atoms with van der Waals surface area (Å²) in [6.45, 7) is 1.37. The molecule has 5 rings (SSSR count). The fraction of sp³-hybridized carbons (Fsp3) is 0.0667. The fourth-order valence-electron chi connectivity index (χ4n) is 4.43. The molecule has 2 N–H and O–H groups in total. The van der Waals surface area contributed by atoms with Crippen LogP contribution in [0.2, 0.25) is 0 Å². The lowest BCUT2D eigenvalue weighted by molar-refractivity contribution is -0.122. The van der Waals surface area contributed by atoms with Crippen molar-refractivity contribution in [3.8, 4) is 0 Å². The molecule has 1 heterocycles. The number of para-hydroxylation sites is 1. The largest absolute Gasteiger partial charge is 0.354 e. The van der Waals surface area contributed by atoms with Gasteiger partial charge in [-0.2, -0.15) is 0 Å². The highest BCUT2D eigenvalue weighted by molar-refractivity contribution is 7.91. The minimum atomic E-state index is -3.60. The van der Waals surface area contributed by atoms with Crippen LogP contribution in [0.25, 0.3) is 11.3 Å². The quantitative estimate of drug-likeness (QED) is 0.312. The Morgan fingerprint density at radius 3 is 2.00 bits per heavy atom. The third-order valence-electron chi connectivity index (χ3n) is 6.09. The zero-order valence-electron chi connectivity index (χ0n) is 20.6. The molecule has 0 saturated heterocycles. The molecule has 1 aliphatic rings. The SMILES string of the molecule is CC(=O)N1C(=O)/C(=C(\Nc2ccc(NS(=O)(=O)Cc3ccccc3)cc2)c2ccccc2)c2ccccc21. The van der Waals surface area contributed by atoms with Crippen LogP contribution in [-0.2, 0) is 25.4 Å². The third kappa shape index (κ3) is 5.21. The first kappa shape index (κ1) is 25.0. The predicted molar refractivity (Wildman–Crippen MR) is 151 cm³/mol. The highest BCUT2D eigenvalue weighted by atomic mass is 32.2. The van der Waals surface area contributed by atoms with Gasteiger partial charge in [0.25, 0.3) is 5.91 Å². The van der Waals surface area contributed by atoms with Crippen LogP contribution in [0, 0.1) is 0 Å². The van der Waals surface area contributed by atoms with Crippen molar-refractivity contribution in [1.82, 2.24) is 0 Å². The summed E-state index contributed by atoms with van der Waals surface area (Å²) < 4.78 is 27.9. The van der Waals surface area contributed by atoms with E-state index < -0.39 is 15.9 Å². The standard InChI is InChI=1S/C30H25N3O4S/c1-21(34)33-27-15-9-8-14-26(27)28(30(33)35)29(23-12-6-3-7-13-23)31-24-16-18-25(19-17-24)32-38(36,37)20-22-10-4-2-5-11-22/h2-19,31-32H,20H2,1H3/b29-28-. The maximum atomic E-state index is 13.5. The second-order valence-corrected chi connectivity index (χ2v) is 10.6. The van der Waals surface area contributed by atoms with Gasteiger partial charge in [-0.1, -0.05) is 78.9 Å². The predicted octanol–water partition coefficient (Wildman–Crippen LogP) is 5.50. The van der Waals surface area contributed by atoms with Crippen molar-refractivity contribution in [3.05, 3.63) is 126 Å². The summed E-state index contributed by atoms with van der Waals surface area (Å²) in [7, 11) is -3.60. The Balaban J connectivity index is 1.47. The Morgan fingerprint density at radius 2 is 1.34 bits per heavy atom. The monoisotopic (exact) mass is 523 g/mol. The number of imide groups is 1. The first-order valence-electron chi connectivity index (χ1n) is 12.0. The lowest BCUT2D eigenvalue weighted by Crippen LogP contribution is -2.31. The first-order chi connectivity index (χ1) is 18.3. The molecule has 0 bridgehead atoms. The molecule has 0 fully saturated rings. The molecule has 0 saturated carbocycles. The van der Waals surface area contributed by atoms with Crippen molar-refractivity contribution in [2.45, 2.75) is 12.7 Å². The van der Waals surface area contributed by atoms with E-state index in [1.807, 2.05) is 48.5 Å². The van der Waals surface area contributed by atoms with E-state index in [0.29, 0.717) is 39.5 Å². The summed E-state index contributed by atoms with van der Waals surface area (Å²) in [6, 6.07) is 32.3. The number of amides is 2. The van der Waals surface area contributed by atoms with Gasteiger partial charge in [-0.05, 0) is 41.5 Å². The molecule has 0 atom stereocenters. The van der Waals surface area contributed by atoms with Gasteiger partial charge < -0.3 is 5.32 Å². The molecule has 7 nitrogen and oxygen atoms in total. The topological polar surface area (TPSA) is 95.6 Å². The Labute approximate surface area is 221 Å². The fourth-order valence-corrected chi connectivity index (χ4v) is 5.63. The number of nitrogens with zero attached hydrogens (tertiary/aromatic N) is 1. The van der Waals surface area contributed by atoms with Crippen LogP contribution in [-0.4, -0.2) is 20.2 Å². The summed E-state index contributed by atoms with van der Waals surface area (Å²) in [6.07, 6.45) is 0. The van der Waals surface area contributed by atoms with Crippen LogP contribution in [0.4, 0.5) is 17.1 Å². The van der Waals surface area contributed by atoms with E-state index in [-0.39, 0.29) is 11.7 Å². The Hall–Kier alpha value is -4.69. The maximum absolute atomic E-state index is 13.5. The number of carbonyl (C=O) groups excluding carboxylic acids is 2. The maximum Gasteiger partial charge on any atom is 0.267 e. The van der Waals surface area contributed by atoms with E-state index in [2.05, 4.69) is 10.0 Å². The van der Waals surface area contributed by atoms with Crippen LogP contribution in [0.5, 0.6) is 0 Å². The van der Waals surface area contributed by atoms with E-state index in [4.69, 9.17) is 0 Å². The minimum absolute atomic E-state index is 0.133. The molecule has 8 heteroatoms. The number of hydrogen-bond acceptors (Lipinski definition) is 5. The van der Waals surface area contributed by atoms with Gasteiger partial charge in [0, 0.05) is 23.9 Å². The average molecular weight is 524 g/mol. The zero-order chi connectivity index (χ0) is 26.7. The molecule has 0 aliphatic carbocycles. The third-order valence-corrected chi connectivity index (χ3v) is 7.35. The lowest BCUT2D eigenvalue weighted by atomic mass is 10.00. The molecule has 0 radical (unpaired) electrons. The highest BCUT2D eigenvalue weighted by Gasteiger charge is 2.37. The number of fused-ring (bicyclic) bond motifs is 1. The Morgan fingerprint density at radius 1 is 0.763 bits per heavy atom. The second kappa shape index (κ2) is 10.4. The van der Waals surface area contributed by atoms with Crippen LogP contribution >= 0.6 is 0 Å². The van der Waals surface area contributed by atoms with Gasteiger partial charge in [-0.3, -0.25) is 14.3 Å². The van der Waals surface area contributed by atoms with E-state index in [9.17, 15) is 18.0 Å². The minimum Gasteiger partial charge on any atom is -0.354 e. The Kier molecular flexibility index (Phi) is 6.81. The number of benzene rings is 4.